The predicted molar refractivity (Wildman–Crippen MR) is 74.2 cm³/mol. The van der Waals surface area contributed by atoms with Crippen LogP contribution in [0.5, 0.6) is 5.75 Å². The fraction of sp³-hybridized carbons (Fsp3) is 0.385. The maximum Gasteiger partial charge on any atom is 0.244 e. The van der Waals surface area contributed by atoms with Crippen LogP contribution in [0, 0.1) is 6.92 Å². The molecule has 2 N–H and O–H groups in total. The van der Waals surface area contributed by atoms with Gasteiger partial charge in [-0.1, -0.05) is 6.07 Å². The Labute approximate surface area is 122 Å². The number of hydrogen-bond donors (Lipinski definition) is 2. The molecule has 1 fully saturated rings. The number of hydrogen-bond acceptors (Lipinski definition) is 5. The average molecular weight is 312 g/mol. The molecule has 0 aliphatic carbocycles. The Hall–Kier alpha value is -1.93. The van der Waals surface area contributed by atoms with Crippen molar-refractivity contribution in [1.82, 2.24) is 10.0 Å². The van der Waals surface area contributed by atoms with Crippen LogP contribution in [0.25, 0.3) is 0 Å². The van der Waals surface area contributed by atoms with Crippen LogP contribution in [0.2, 0.25) is 0 Å². The lowest BCUT2D eigenvalue weighted by molar-refractivity contribution is -0.134. The molecular formula is C13H16N2O5S. The van der Waals surface area contributed by atoms with Gasteiger partial charge in [0.1, 0.15) is 16.7 Å². The van der Waals surface area contributed by atoms with Gasteiger partial charge in [-0.05, 0) is 31.0 Å². The van der Waals surface area contributed by atoms with E-state index in [2.05, 4.69) is 10.0 Å². The van der Waals surface area contributed by atoms with E-state index in [9.17, 15) is 18.0 Å². The minimum Gasteiger partial charge on any atom is -0.495 e. The number of nitrogens with one attached hydrogen (secondary N) is 2. The van der Waals surface area contributed by atoms with Crippen LogP contribution < -0.4 is 14.8 Å². The number of carbonyl (C=O) groups excluding carboxylic acids is 2. The Balaban J connectivity index is 2.28. The predicted octanol–water partition coefficient (Wildman–Crippen LogP) is 0.0871. The second-order valence-electron chi connectivity index (χ2n) is 4.78. The first-order chi connectivity index (χ1) is 9.83. The number of aryl methyl sites for hydroxylation is 1. The van der Waals surface area contributed by atoms with Crippen molar-refractivity contribution in [3.8, 4) is 5.75 Å². The molecule has 1 aromatic rings. The van der Waals surface area contributed by atoms with Gasteiger partial charge in [0.2, 0.25) is 21.8 Å². The molecule has 7 nitrogen and oxygen atoms in total. The molecule has 1 saturated heterocycles. The first-order valence-electron chi connectivity index (χ1n) is 6.34. The highest BCUT2D eigenvalue weighted by atomic mass is 32.2. The Bertz CT molecular complexity index is 684. The Morgan fingerprint density at radius 2 is 2.05 bits per heavy atom. The van der Waals surface area contributed by atoms with Gasteiger partial charge >= 0.3 is 0 Å². The summed E-state index contributed by atoms with van der Waals surface area (Å²) in [6.45, 7) is 1.75. The zero-order valence-electron chi connectivity index (χ0n) is 11.7. The summed E-state index contributed by atoms with van der Waals surface area (Å²) in [5.41, 5.74) is 0.749. The van der Waals surface area contributed by atoms with Gasteiger partial charge in [0, 0.05) is 6.42 Å². The number of sulfonamides is 1. The smallest absolute Gasteiger partial charge is 0.244 e. The molecule has 21 heavy (non-hydrogen) atoms. The maximum absolute atomic E-state index is 12.4. The third-order valence-corrected chi connectivity index (χ3v) is 4.64. The zero-order valence-corrected chi connectivity index (χ0v) is 12.5. The molecule has 2 amide bonds. The number of rotatable bonds is 4. The highest BCUT2D eigenvalue weighted by Gasteiger charge is 2.32. The van der Waals surface area contributed by atoms with E-state index in [4.69, 9.17) is 4.74 Å². The van der Waals surface area contributed by atoms with E-state index in [1.54, 1.807) is 19.1 Å². The number of carbonyl (C=O) groups is 2. The van der Waals surface area contributed by atoms with Crippen molar-refractivity contribution in [3.63, 3.8) is 0 Å². The molecule has 114 valence electrons. The summed E-state index contributed by atoms with van der Waals surface area (Å²) in [4.78, 5) is 22.7. The van der Waals surface area contributed by atoms with Crippen molar-refractivity contribution in [2.24, 2.45) is 0 Å². The molecule has 0 saturated carbocycles. The molecule has 1 aromatic carbocycles. The fourth-order valence-corrected chi connectivity index (χ4v) is 3.53. The van der Waals surface area contributed by atoms with Gasteiger partial charge in [-0.15, -0.1) is 0 Å². The van der Waals surface area contributed by atoms with Crippen LogP contribution in [-0.2, 0) is 19.6 Å². The standard InChI is InChI=1S/C13H16N2O5S/c1-8-3-5-10(20-2)11(7-8)21(18,19)15-9-4-6-12(16)14-13(9)17/h3,5,7,9,15H,4,6H2,1-2H3,(H,14,16,17). The lowest BCUT2D eigenvalue weighted by Gasteiger charge is -2.22. The Morgan fingerprint density at radius 1 is 1.33 bits per heavy atom. The van der Waals surface area contributed by atoms with E-state index < -0.39 is 27.9 Å². The molecule has 1 atom stereocenters. The molecule has 1 heterocycles. The number of methoxy groups -OCH3 is 1. The monoisotopic (exact) mass is 312 g/mol. The molecule has 0 radical (unpaired) electrons. The summed E-state index contributed by atoms with van der Waals surface area (Å²) in [6.07, 6.45) is 0.238. The summed E-state index contributed by atoms with van der Waals surface area (Å²) >= 11 is 0. The van der Waals surface area contributed by atoms with Crippen molar-refractivity contribution in [2.45, 2.75) is 30.7 Å². The van der Waals surface area contributed by atoms with E-state index in [1.807, 2.05) is 0 Å². The van der Waals surface area contributed by atoms with E-state index in [0.717, 1.165) is 5.56 Å². The number of amides is 2. The Morgan fingerprint density at radius 3 is 2.67 bits per heavy atom. The van der Waals surface area contributed by atoms with Crippen molar-refractivity contribution in [1.29, 1.82) is 0 Å². The fourth-order valence-electron chi connectivity index (χ4n) is 2.05. The number of imide groups is 1. The van der Waals surface area contributed by atoms with Gasteiger partial charge in [-0.2, -0.15) is 4.72 Å². The summed E-state index contributed by atoms with van der Waals surface area (Å²) < 4.78 is 32.2. The lowest BCUT2D eigenvalue weighted by atomic mass is 10.1. The molecule has 0 aromatic heterocycles. The second-order valence-corrected chi connectivity index (χ2v) is 6.46. The van der Waals surface area contributed by atoms with Gasteiger partial charge in [0.25, 0.3) is 0 Å². The van der Waals surface area contributed by atoms with E-state index in [1.165, 1.54) is 13.2 Å². The molecular weight excluding hydrogens is 296 g/mol. The maximum atomic E-state index is 12.4. The summed E-state index contributed by atoms with van der Waals surface area (Å²) in [5, 5.41) is 2.11. The van der Waals surface area contributed by atoms with Gasteiger partial charge in [0.05, 0.1) is 7.11 Å². The van der Waals surface area contributed by atoms with E-state index in [0.29, 0.717) is 0 Å². The normalized spacial score (nSPS) is 19.2. The third kappa shape index (κ3) is 3.40. The number of benzene rings is 1. The van der Waals surface area contributed by atoms with Crippen LogP contribution in [0.1, 0.15) is 18.4 Å². The third-order valence-electron chi connectivity index (χ3n) is 3.15. The van der Waals surface area contributed by atoms with Gasteiger partial charge < -0.3 is 4.74 Å². The highest BCUT2D eigenvalue weighted by Crippen LogP contribution is 2.25. The first kappa shape index (κ1) is 15.5. The van der Waals surface area contributed by atoms with E-state index in [-0.39, 0.29) is 23.5 Å². The van der Waals surface area contributed by atoms with Crippen LogP contribution >= 0.6 is 0 Å². The molecule has 0 bridgehead atoms. The van der Waals surface area contributed by atoms with Crippen LogP contribution in [-0.4, -0.2) is 33.4 Å². The largest absolute Gasteiger partial charge is 0.495 e. The molecule has 1 unspecified atom stereocenters. The van der Waals surface area contributed by atoms with Crippen molar-refractivity contribution >= 4 is 21.8 Å². The van der Waals surface area contributed by atoms with E-state index >= 15 is 0 Å². The van der Waals surface area contributed by atoms with Gasteiger partial charge in [0.15, 0.2) is 0 Å². The van der Waals surface area contributed by atoms with Crippen LogP contribution in [0.4, 0.5) is 0 Å². The Kier molecular flexibility index (Phi) is 4.29. The van der Waals surface area contributed by atoms with Crippen molar-refractivity contribution < 1.29 is 22.7 Å². The topological polar surface area (TPSA) is 102 Å². The first-order valence-corrected chi connectivity index (χ1v) is 7.82. The number of piperidine rings is 1. The summed E-state index contributed by atoms with van der Waals surface area (Å²) in [7, 11) is -2.55. The zero-order chi connectivity index (χ0) is 15.6. The SMILES string of the molecule is COc1ccc(C)cc1S(=O)(=O)NC1CCC(=O)NC1=O. The molecule has 2 rings (SSSR count). The average Bonchev–Trinajstić information content (AvgIpc) is 2.42. The minimum atomic E-state index is -3.92. The lowest BCUT2D eigenvalue weighted by Crippen LogP contribution is -2.52. The summed E-state index contributed by atoms with van der Waals surface area (Å²) in [5.74, 6) is -0.842. The van der Waals surface area contributed by atoms with Crippen LogP contribution in [0.3, 0.4) is 0 Å². The second kappa shape index (κ2) is 5.82. The molecule has 0 spiro atoms. The summed E-state index contributed by atoms with van der Waals surface area (Å²) in [6, 6.07) is 3.78. The molecule has 1 aliphatic heterocycles. The quantitative estimate of drug-likeness (QED) is 0.767. The highest BCUT2D eigenvalue weighted by molar-refractivity contribution is 7.89. The van der Waals surface area contributed by atoms with Gasteiger partial charge in [-0.3, -0.25) is 14.9 Å². The van der Waals surface area contributed by atoms with Gasteiger partial charge in [-0.25, -0.2) is 8.42 Å². The van der Waals surface area contributed by atoms with Crippen molar-refractivity contribution in [2.75, 3.05) is 7.11 Å². The minimum absolute atomic E-state index is 0.0327. The molecule has 1 aliphatic rings. The number of ether oxygens (including phenoxy) is 1. The van der Waals surface area contributed by atoms with Crippen LogP contribution in [0.15, 0.2) is 23.1 Å². The molecule has 8 heteroatoms. The van der Waals surface area contributed by atoms with Crippen molar-refractivity contribution in [3.05, 3.63) is 23.8 Å².